The predicted octanol–water partition coefficient (Wildman–Crippen LogP) is 2.88. The summed E-state index contributed by atoms with van der Waals surface area (Å²) in [5.41, 5.74) is 1.66. The van der Waals surface area contributed by atoms with Crippen LogP contribution in [0.1, 0.15) is 5.56 Å². The van der Waals surface area contributed by atoms with Crippen molar-refractivity contribution in [3.8, 4) is 6.07 Å². The van der Waals surface area contributed by atoms with Crippen LogP contribution >= 0.6 is 15.9 Å². The number of anilines is 1. The fourth-order valence-electron chi connectivity index (χ4n) is 0.861. The van der Waals surface area contributed by atoms with E-state index < -0.39 is 0 Å². The molecule has 0 spiro atoms. The number of hydrogen-bond acceptors (Lipinski definition) is 2. The highest BCUT2D eigenvalue weighted by Crippen LogP contribution is 2.10. The number of nitriles is 1. The van der Waals surface area contributed by atoms with Gasteiger partial charge in [0.05, 0.1) is 11.6 Å². The van der Waals surface area contributed by atoms with Crippen molar-refractivity contribution in [3.63, 3.8) is 0 Å². The Balaban J connectivity index is 2.60. The lowest BCUT2D eigenvalue weighted by Crippen LogP contribution is -1.99. The van der Waals surface area contributed by atoms with E-state index in [9.17, 15) is 0 Å². The third-order valence-electron chi connectivity index (χ3n) is 1.50. The average molecular weight is 237 g/mol. The van der Waals surface area contributed by atoms with Gasteiger partial charge < -0.3 is 5.32 Å². The number of nitrogens with zero attached hydrogens (tertiary/aromatic N) is 1. The number of nitrogens with one attached hydrogen (secondary N) is 1. The summed E-state index contributed by atoms with van der Waals surface area (Å²) in [4.78, 5) is 0. The molecule has 0 bridgehead atoms. The Bertz CT molecular complexity index is 335. The van der Waals surface area contributed by atoms with E-state index in [-0.39, 0.29) is 0 Å². The van der Waals surface area contributed by atoms with Gasteiger partial charge in [-0.25, -0.2) is 0 Å². The van der Waals surface area contributed by atoms with Crippen molar-refractivity contribution in [2.24, 2.45) is 0 Å². The molecular weight excluding hydrogens is 228 g/mol. The molecule has 0 aliphatic heterocycles. The molecule has 0 atom stereocenters. The van der Waals surface area contributed by atoms with Crippen molar-refractivity contribution in [1.82, 2.24) is 0 Å². The molecule has 1 aromatic carbocycles. The summed E-state index contributed by atoms with van der Waals surface area (Å²) in [6, 6.07) is 9.36. The lowest BCUT2D eigenvalue weighted by atomic mass is 10.2. The van der Waals surface area contributed by atoms with Crippen LogP contribution in [0.2, 0.25) is 0 Å². The van der Waals surface area contributed by atoms with Crippen LogP contribution < -0.4 is 5.32 Å². The van der Waals surface area contributed by atoms with Crippen LogP contribution in [0.25, 0.3) is 0 Å². The highest BCUT2D eigenvalue weighted by atomic mass is 79.9. The first kappa shape index (κ1) is 9.82. The molecule has 1 N–H and O–H groups in total. The smallest absolute Gasteiger partial charge is 0.0991 e. The minimum atomic E-state index is 0.670. The number of hydrogen-bond donors (Lipinski definition) is 1. The SMILES string of the molecule is C=C(Br)CNc1ccc(C#N)cc1. The largest absolute Gasteiger partial charge is 0.380 e. The molecule has 3 heteroatoms. The van der Waals surface area contributed by atoms with Crippen LogP contribution in [0.4, 0.5) is 5.69 Å². The van der Waals surface area contributed by atoms with Gasteiger partial charge >= 0.3 is 0 Å². The Kier molecular flexibility index (Phi) is 3.53. The summed E-state index contributed by atoms with van der Waals surface area (Å²) in [6.45, 7) is 4.39. The van der Waals surface area contributed by atoms with Crippen LogP contribution in [0.5, 0.6) is 0 Å². The minimum absolute atomic E-state index is 0.670. The van der Waals surface area contributed by atoms with Crippen molar-refractivity contribution < 1.29 is 0 Å². The van der Waals surface area contributed by atoms with E-state index in [4.69, 9.17) is 5.26 Å². The van der Waals surface area contributed by atoms with E-state index in [1.165, 1.54) is 0 Å². The molecular formula is C10H9BrN2. The lowest BCUT2D eigenvalue weighted by Gasteiger charge is -2.03. The second kappa shape index (κ2) is 4.68. The van der Waals surface area contributed by atoms with E-state index in [1.807, 2.05) is 12.1 Å². The minimum Gasteiger partial charge on any atom is -0.380 e. The molecule has 2 nitrogen and oxygen atoms in total. The van der Waals surface area contributed by atoms with Gasteiger partial charge in [-0.1, -0.05) is 22.5 Å². The van der Waals surface area contributed by atoms with E-state index in [2.05, 4.69) is 33.9 Å². The summed E-state index contributed by atoms with van der Waals surface area (Å²) in [5, 5.41) is 11.7. The maximum Gasteiger partial charge on any atom is 0.0991 e. The molecule has 0 unspecified atom stereocenters. The second-order valence-corrected chi connectivity index (χ2v) is 3.68. The molecule has 0 heterocycles. The standard InChI is InChI=1S/C10H9BrN2/c1-8(11)7-13-10-4-2-9(6-12)3-5-10/h2-5,13H,1,7H2. The Labute approximate surface area is 86.0 Å². The molecule has 66 valence electrons. The Hall–Kier alpha value is -1.27. The van der Waals surface area contributed by atoms with Crippen molar-refractivity contribution in [3.05, 3.63) is 40.9 Å². The first-order valence-corrected chi connectivity index (χ1v) is 4.59. The molecule has 0 aliphatic carbocycles. The molecule has 0 radical (unpaired) electrons. The molecule has 13 heavy (non-hydrogen) atoms. The highest BCUT2D eigenvalue weighted by molar-refractivity contribution is 9.11. The van der Waals surface area contributed by atoms with Crippen LogP contribution in [-0.2, 0) is 0 Å². The molecule has 1 aromatic rings. The molecule has 1 rings (SSSR count). The van der Waals surface area contributed by atoms with Gasteiger partial charge in [-0.2, -0.15) is 5.26 Å². The number of halogens is 1. The summed E-state index contributed by atoms with van der Waals surface area (Å²) in [5.74, 6) is 0. The lowest BCUT2D eigenvalue weighted by molar-refractivity contribution is 1.32. The summed E-state index contributed by atoms with van der Waals surface area (Å²) < 4.78 is 0.900. The van der Waals surface area contributed by atoms with Crippen LogP contribution in [-0.4, -0.2) is 6.54 Å². The first-order valence-electron chi connectivity index (χ1n) is 3.79. The molecule has 0 saturated heterocycles. The van der Waals surface area contributed by atoms with Crippen molar-refractivity contribution >= 4 is 21.6 Å². The van der Waals surface area contributed by atoms with Gasteiger partial charge in [0.15, 0.2) is 0 Å². The molecule has 0 amide bonds. The van der Waals surface area contributed by atoms with Crippen LogP contribution in [0, 0.1) is 11.3 Å². The van der Waals surface area contributed by atoms with Crippen LogP contribution in [0.15, 0.2) is 35.3 Å². The van der Waals surface area contributed by atoms with Gasteiger partial charge in [0, 0.05) is 16.7 Å². The van der Waals surface area contributed by atoms with Gasteiger partial charge in [0.2, 0.25) is 0 Å². The van der Waals surface area contributed by atoms with Gasteiger partial charge in [0.25, 0.3) is 0 Å². The fourth-order valence-corrected chi connectivity index (χ4v) is 1.00. The quantitative estimate of drug-likeness (QED) is 0.877. The number of benzene rings is 1. The second-order valence-electron chi connectivity index (χ2n) is 2.56. The van der Waals surface area contributed by atoms with Gasteiger partial charge in [-0.05, 0) is 24.3 Å². The van der Waals surface area contributed by atoms with E-state index in [0.717, 1.165) is 10.2 Å². The molecule has 0 fully saturated rings. The average Bonchev–Trinajstić information content (AvgIpc) is 2.15. The van der Waals surface area contributed by atoms with E-state index in [1.54, 1.807) is 12.1 Å². The zero-order chi connectivity index (χ0) is 9.68. The predicted molar refractivity (Wildman–Crippen MR) is 57.7 cm³/mol. The maximum absolute atomic E-state index is 8.55. The maximum atomic E-state index is 8.55. The Morgan fingerprint density at radius 2 is 2.08 bits per heavy atom. The number of rotatable bonds is 3. The van der Waals surface area contributed by atoms with Gasteiger partial charge in [0.1, 0.15) is 0 Å². The molecule has 0 saturated carbocycles. The molecule has 0 aromatic heterocycles. The van der Waals surface area contributed by atoms with Crippen molar-refractivity contribution in [2.45, 2.75) is 0 Å². The Morgan fingerprint density at radius 1 is 1.46 bits per heavy atom. The summed E-state index contributed by atoms with van der Waals surface area (Å²) in [6.07, 6.45) is 0. The van der Waals surface area contributed by atoms with E-state index >= 15 is 0 Å². The summed E-state index contributed by atoms with van der Waals surface area (Å²) in [7, 11) is 0. The fraction of sp³-hybridized carbons (Fsp3) is 0.100. The van der Waals surface area contributed by atoms with Crippen molar-refractivity contribution in [1.29, 1.82) is 5.26 Å². The molecule has 0 aliphatic rings. The zero-order valence-electron chi connectivity index (χ0n) is 7.05. The van der Waals surface area contributed by atoms with Crippen molar-refractivity contribution in [2.75, 3.05) is 11.9 Å². The van der Waals surface area contributed by atoms with Gasteiger partial charge in [-0.15, -0.1) is 0 Å². The third kappa shape index (κ3) is 3.30. The van der Waals surface area contributed by atoms with E-state index in [0.29, 0.717) is 12.1 Å². The zero-order valence-corrected chi connectivity index (χ0v) is 8.63. The normalized spacial score (nSPS) is 8.92. The highest BCUT2D eigenvalue weighted by Gasteiger charge is 1.92. The monoisotopic (exact) mass is 236 g/mol. The van der Waals surface area contributed by atoms with Gasteiger partial charge in [-0.3, -0.25) is 0 Å². The first-order chi connectivity index (χ1) is 6.22. The summed E-state index contributed by atoms with van der Waals surface area (Å²) >= 11 is 3.25. The third-order valence-corrected chi connectivity index (χ3v) is 1.78. The topological polar surface area (TPSA) is 35.8 Å². The van der Waals surface area contributed by atoms with Crippen LogP contribution in [0.3, 0.4) is 0 Å². The Morgan fingerprint density at radius 3 is 2.54 bits per heavy atom.